The first kappa shape index (κ1) is 14.7. The fourth-order valence-electron chi connectivity index (χ4n) is 1.43. The zero-order chi connectivity index (χ0) is 10.4. The minimum absolute atomic E-state index is 0. The molecule has 0 radical (unpaired) electrons. The lowest BCUT2D eigenvalue weighted by molar-refractivity contribution is -0.132. The van der Waals surface area contributed by atoms with Gasteiger partial charge in [0.05, 0.1) is 19.1 Å². The molecule has 1 saturated heterocycles. The maximum absolute atomic E-state index is 11.5. The molecule has 0 saturated carbocycles. The van der Waals surface area contributed by atoms with Gasteiger partial charge in [-0.1, -0.05) is 0 Å². The van der Waals surface area contributed by atoms with Crippen molar-refractivity contribution in [3.05, 3.63) is 0 Å². The van der Waals surface area contributed by atoms with Crippen molar-refractivity contribution in [2.75, 3.05) is 32.8 Å². The molecule has 0 aromatic carbocycles. The minimum Gasteiger partial charge on any atom is -0.375 e. The Morgan fingerprint density at radius 1 is 1.40 bits per heavy atom. The molecule has 0 aliphatic carbocycles. The number of rotatable bonds is 6. The van der Waals surface area contributed by atoms with Gasteiger partial charge in [-0.2, -0.15) is 0 Å². The van der Waals surface area contributed by atoms with E-state index >= 15 is 0 Å². The second-order valence-electron chi connectivity index (χ2n) is 3.47. The van der Waals surface area contributed by atoms with Gasteiger partial charge in [0.2, 0.25) is 5.91 Å². The molecule has 4 nitrogen and oxygen atoms in total. The summed E-state index contributed by atoms with van der Waals surface area (Å²) in [6.07, 6.45) is 0.845. The van der Waals surface area contributed by atoms with Crippen molar-refractivity contribution in [3.63, 3.8) is 0 Å². The van der Waals surface area contributed by atoms with Crippen molar-refractivity contribution in [1.29, 1.82) is 0 Å². The van der Waals surface area contributed by atoms with Crippen molar-refractivity contribution in [2.45, 2.75) is 26.4 Å². The fourth-order valence-corrected chi connectivity index (χ4v) is 1.43. The first-order valence-corrected chi connectivity index (χ1v) is 5.38. The number of hydrogen-bond donors (Lipinski definition) is 1. The number of carbonyl (C=O) groups is 1. The van der Waals surface area contributed by atoms with E-state index in [1.807, 2.05) is 18.7 Å². The molecule has 90 valence electrons. The molecule has 0 aromatic heterocycles. The van der Waals surface area contributed by atoms with Crippen LogP contribution in [-0.2, 0) is 9.53 Å². The van der Waals surface area contributed by atoms with Crippen LogP contribution in [0.25, 0.3) is 0 Å². The Morgan fingerprint density at radius 2 is 2.00 bits per heavy atom. The quantitative estimate of drug-likeness (QED) is 0.737. The number of nitrogens with one attached hydrogen (secondary N) is 1. The van der Waals surface area contributed by atoms with Crippen LogP contribution >= 0.6 is 12.4 Å². The highest BCUT2D eigenvalue weighted by Crippen LogP contribution is 2.00. The first-order chi connectivity index (χ1) is 6.77. The standard InChI is InChI=1S/C10H20N2O2.ClH/c1-3-12(4-2)10(13)5-6-14-9-7-11-8-9;/h9,11H,3-8H2,1-2H3;1H. The molecule has 1 N–H and O–H groups in total. The number of ether oxygens (including phenoxy) is 1. The highest BCUT2D eigenvalue weighted by molar-refractivity contribution is 5.85. The van der Waals surface area contributed by atoms with Gasteiger partial charge in [-0.3, -0.25) is 4.79 Å². The summed E-state index contributed by atoms with van der Waals surface area (Å²) >= 11 is 0. The number of amides is 1. The molecule has 1 rings (SSSR count). The summed E-state index contributed by atoms with van der Waals surface area (Å²) in [5, 5.41) is 3.12. The first-order valence-electron chi connectivity index (χ1n) is 5.38. The molecule has 15 heavy (non-hydrogen) atoms. The monoisotopic (exact) mass is 236 g/mol. The van der Waals surface area contributed by atoms with Crippen molar-refractivity contribution in [3.8, 4) is 0 Å². The SMILES string of the molecule is CCN(CC)C(=O)CCOC1CNC1.Cl. The van der Waals surface area contributed by atoms with Crippen LogP contribution in [0, 0.1) is 0 Å². The van der Waals surface area contributed by atoms with Crippen molar-refractivity contribution in [1.82, 2.24) is 10.2 Å². The molecule has 1 amide bonds. The minimum atomic E-state index is 0. The molecule has 0 aromatic rings. The van der Waals surface area contributed by atoms with E-state index in [1.165, 1.54) is 0 Å². The van der Waals surface area contributed by atoms with Gasteiger partial charge < -0.3 is 15.0 Å². The Kier molecular flexibility index (Phi) is 7.74. The van der Waals surface area contributed by atoms with Crippen molar-refractivity contribution >= 4 is 18.3 Å². The van der Waals surface area contributed by atoms with E-state index in [2.05, 4.69) is 5.32 Å². The molecule has 1 heterocycles. The van der Waals surface area contributed by atoms with Crippen LogP contribution in [0.4, 0.5) is 0 Å². The van der Waals surface area contributed by atoms with E-state index in [-0.39, 0.29) is 18.3 Å². The van der Waals surface area contributed by atoms with Gasteiger partial charge in [-0.05, 0) is 13.8 Å². The second-order valence-corrected chi connectivity index (χ2v) is 3.47. The summed E-state index contributed by atoms with van der Waals surface area (Å²) in [6, 6.07) is 0. The van der Waals surface area contributed by atoms with Crippen LogP contribution in [0.5, 0.6) is 0 Å². The zero-order valence-corrected chi connectivity index (χ0v) is 10.3. The van der Waals surface area contributed by atoms with Crippen LogP contribution in [-0.4, -0.2) is 49.7 Å². The van der Waals surface area contributed by atoms with E-state index in [4.69, 9.17) is 4.74 Å². The van der Waals surface area contributed by atoms with Crippen LogP contribution < -0.4 is 5.32 Å². The predicted octanol–water partition coefficient (Wildman–Crippen LogP) is 0.655. The summed E-state index contributed by atoms with van der Waals surface area (Å²) < 4.78 is 5.48. The Labute approximate surface area is 97.8 Å². The molecule has 0 spiro atoms. The van der Waals surface area contributed by atoms with Gasteiger partial charge in [-0.15, -0.1) is 12.4 Å². The van der Waals surface area contributed by atoms with E-state index in [0.717, 1.165) is 26.2 Å². The Hall–Kier alpha value is -0.320. The molecule has 1 aliphatic rings. The number of carbonyl (C=O) groups excluding carboxylic acids is 1. The van der Waals surface area contributed by atoms with E-state index in [0.29, 0.717) is 19.1 Å². The lowest BCUT2D eigenvalue weighted by Crippen LogP contribution is -2.48. The third kappa shape index (κ3) is 4.82. The van der Waals surface area contributed by atoms with Crippen LogP contribution in [0.3, 0.4) is 0 Å². The second kappa shape index (κ2) is 7.91. The summed E-state index contributed by atoms with van der Waals surface area (Å²) in [5.74, 6) is 0.197. The van der Waals surface area contributed by atoms with E-state index in [1.54, 1.807) is 0 Å². The van der Waals surface area contributed by atoms with E-state index < -0.39 is 0 Å². The fraction of sp³-hybridized carbons (Fsp3) is 0.900. The third-order valence-electron chi connectivity index (χ3n) is 2.53. The lowest BCUT2D eigenvalue weighted by Gasteiger charge is -2.27. The van der Waals surface area contributed by atoms with Crippen LogP contribution in [0.1, 0.15) is 20.3 Å². The van der Waals surface area contributed by atoms with Gasteiger partial charge in [0.25, 0.3) is 0 Å². The van der Waals surface area contributed by atoms with Crippen molar-refractivity contribution < 1.29 is 9.53 Å². The third-order valence-corrected chi connectivity index (χ3v) is 2.53. The Balaban J connectivity index is 0.00000196. The van der Waals surface area contributed by atoms with Gasteiger partial charge >= 0.3 is 0 Å². The van der Waals surface area contributed by atoms with Crippen LogP contribution in [0.15, 0.2) is 0 Å². The maximum atomic E-state index is 11.5. The van der Waals surface area contributed by atoms with Gasteiger partial charge in [0.15, 0.2) is 0 Å². The van der Waals surface area contributed by atoms with Gasteiger partial charge in [0, 0.05) is 26.2 Å². The van der Waals surface area contributed by atoms with Gasteiger partial charge in [0.1, 0.15) is 0 Å². The topological polar surface area (TPSA) is 41.6 Å². The smallest absolute Gasteiger partial charge is 0.224 e. The molecular weight excluding hydrogens is 216 g/mol. The summed E-state index contributed by atoms with van der Waals surface area (Å²) in [5.41, 5.74) is 0. The normalized spacial score (nSPS) is 15.3. The number of halogens is 1. The zero-order valence-electron chi connectivity index (χ0n) is 9.49. The highest BCUT2D eigenvalue weighted by Gasteiger charge is 2.17. The summed E-state index contributed by atoms with van der Waals surface area (Å²) in [6.45, 7) is 8.00. The predicted molar refractivity (Wildman–Crippen MR) is 62.4 cm³/mol. The summed E-state index contributed by atoms with van der Waals surface area (Å²) in [7, 11) is 0. The largest absolute Gasteiger partial charge is 0.375 e. The Bertz CT molecular complexity index is 182. The molecule has 0 atom stereocenters. The molecule has 0 unspecified atom stereocenters. The Morgan fingerprint density at radius 3 is 2.40 bits per heavy atom. The molecule has 1 aliphatic heterocycles. The van der Waals surface area contributed by atoms with Gasteiger partial charge in [-0.25, -0.2) is 0 Å². The maximum Gasteiger partial charge on any atom is 0.224 e. The number of hydrogen-bond acceptors (Lipinski definition) is 3. The molecule has 0 bridgehead atoms. The average Bonchev–Trinajstić information content (AvgIpc) is 2.11. The lowest BCUT2D eigenvalue weighted by atomic mass is 10.2. The molecule has 5 heteroatoms. The van der Waals surface area contributed by atoms with E-state index in [9.17, 15) is 4.79 Å². The van der Waals surface area contributed by atoms with Crippen molar-refractivity contribution in [2.24, 2.45) is 0 Å². The molecule has 1 fully saturated rings. The number of nitrogens with zero attached hydrogens (tertiary/aromatic N) is 1. The summed E-state index contributed by atoms with van der Waals surface area (Å²) in [4.78, 5) is 13.4. The average molecular weight is 237 g/mol. The highest BCUT2D eigenvalue weighted by atomic mass is 35.5. The van der Waals surface area contributed by atoms with Crippen LogP contribution in [0.2, 0.25) is 0 Å². The molecular formula is C10H21ClN2O2.